The molecule has 1 aromatic heterocycles. The zero-order valence-electron chi connectivity index (χ0n) is 7.96. The number of hydrogen-bond donors (Lipinski definition) is 0. The number of thioether (sulfide) groups is 1. The third-order valence-corrected chi connectivity index (χ3v) is 3.37. The third-order valence-electron chi connectivity index (χ3n) is 1.90. The lowest BCUT2D eigenvalue weighted by molar-refractivity contribution is 0.636. The standard InChI is InChI=1S/C10H14ClNS/c1-3-8(2)7-13-10-6-4-5-9(11)12-10/h4-6,8H,3,7H2,1-2H3. The van der Waals surface area contributed by atoms with Gasteiger partial charge in [0.2, 0.25) is 0 Å². The summed E-state index contributed by atoms with van der Waals surface area (Å²) in [5, 5.41) is 1.60. The minimum Gasteiger partial charge on any atom is -0.230 e. The molecule has 13 heavy (non-hydrogen) atoms. The molecule has 0 bridgehead atoms. The summed E-state index contributed by atoms with van der Waals surface area (Å²) in [6, 6.07) is 5.74. The molecule has 0 N–H and O–H groups in total. The molecular formula is C10H14ClNS. The second-order valence-electron chi connectivity index (χ2n) is 3.12. The first-order chi connectivity index (χ1) is 6.22. The lowest BCUT2D eigenvalue weighted by Gasteiger charge is -2.06. The van der Waals surface area contributed by atoms with Crippen molar-refractivity contribution in [3.8, 4) is 0 Å². The average Bonchev–Trinajstić information content (AvgIpc) is 2.14. The maximum absolute atomic E-state index is 5.77. The van der Waals surface area contributed by atoms with Crippen molar-refractivity contribution < 1.29 is 0 Å². The van der Waals surface area contributed by atoms with Gasteiger partial charge >= 0.3 is 0 Å². The van der Waals surface area contributed by atoms with Gasteiger partial charge in [0.15, 0.2) is 0 Å². The highest BCUT2D eigenvalue weighted by molar-refractivity contribution is 7.99. The quantitative estimate of drug-likeness (QED) is 0.559. The van der Waals surface area contributed by atoms with Crippen LogP contribution in [0.2, 0.25) is 5.15 Å². The normalized spacial score (nSPS) is 12.8. The van der Waals surface area contributed by atoms with Crippen molar-refractivity contribution in [3.05, 3.63) is 23.4 Å². The van der Waals surface area contributed by atoms with Gasteiger partial charge in [-0.3, -0.25) is 0 Å². The summed E-state index contributed by atoms with van der Waals surface area (Å²) in [7, 11) is 0. The molecule has 1 atom stereocenters. The van der Waals surface area contributed by atoms with Crippen LogP contribution in [0, 0.1) is 5.92 Å². The van der Waals surface area contributed by atoms with Crippen LogP contribution in [-0.2, 0) is 0 Å². The molecule has 0 aliphatic carbocycles. The van der Waals surface area contributed by atoms with E-state index >= 15 is 0 Å². The number of pyridine rings is 1. The average molecular weight is 216 g/mol. The minimum absolute atomic E-state index is 0.578. The predicted molar refractivity (Wildman–Crippen MR) is 59.4 cm³/mol. The topological polar surface area (TPSA) is 12.9 Å². The van der Waals surface area contributed by atoms with Crippen molar-refractivity contribution in [2.45, 2.75) is 25.3 Å². The van der Waals surface area contributed by atoms with E-state index in [1.54, 1.807) is 17.8 Å². The molecule has 1 heterocycles. The second kappa shape index (κ2) is 5.51. The molecule has 0 aromatic carbocycles. The maximum Gasteiger partial charge on any atom is 0.130 e. The van der Waals surface area contributed by atoms with E-state index in [0.29, 0.717) is 5.15 Å². The van der Waals surface area contributed by atoms with Gasteiger partial charge in [0.05, 0.1) is 5.03 Å². The van der Waals surface area contributed by atoms with Gasteiger partial charge in [-0.15, -0.1) is 11.8 Å². The van der Waals surface area contributed by atoms with E-state index in [0.717, 1.165) is 16.7 Å². The van der Waals surface area contributed by atoms with Crippen LogP contribution >= 0.6 is 23.4 Å². The van der Waals surface area contributed by atoms with Gasteiger partial charge in [0, 0.05) is 5.75 Å². The maximum atomic E-state index is 5.77. The van der Waals surface area contributed by atoms with Crippen LogP contribution in [0.1, 0.15) is 20.3 Å². The lowest BCUT2D eigenvalue weighted by atomic mass is 10.2. The van der Waals surface area contributed by atoms with E-state index in [-0.39, 0.29) is 0 Å². The molecule has 1 unspecified atom stereocenters. The molecular weight excluding hydrogens is 202 g/mol. The van der Waals surface area contributed by atoms with E-state index in [4.69, 9.17) is 11.6 Å². The summed E-state index contributed by atoms with van der Waals surface area (Å²) in [5.41, 5.74) is 0. The SMILES string of the molecule is CCC(C)CSc1cccc(Cl)n1. The van der Waals surface area contributed by atoms with Crippen LogP contribution in [0.15, 0.2) is 23.2 Å². The zero-order valence-corrected chi connectivity index (χ0v) is 9.53. The molecule has 0 radical (unpaired) electrons. The Bertz CT molecular complexity index is 265. The highest BCUT2D eigenvalue weighted by atomic mass is 35.5. The smallest absolute Gasteiger partial charge is 0.130 e. The van der Waals surface area contributed by atoms with E-state index in [9.17, 15) is 0 Å². The van der Waals surface area contributed by atoms with Gasteiger partial charge in [-0.25, -0.2) is 4.98 Å². The molecule has 0 saturated heterocycles. The van der Waals surface area contributed by atoms with E-state index in [2.05, 4.69) is 18.8 Å². The Hall–Kier alpha value is -0.210. The van der Waals surface area contributed by atoms with E-state index < -0.39 is 0 Å². The Labute approximate surface area is 88.9 Å². The summed E-state index contributed by atoms with van der Waals surface area (Å²) in [4.78, 5) is 4.21. The number of halogens is 1. The molecule has 0 aliphatic rings. The van der Waals surface area contributed by atoms with Crippen molar-refractivity contribution in [2.24, 2.45) is 5.92 Å². The van der Waals surface area contributed by atoms with Crippen molar-refractivity contribution in [1.29, 1.82) is 0 Å². The Kier molecular flexibility index (Phi) is 4.60. The highest BCUT2D eigenvalue weighted by Crippen LogP contribution is 2.21. The zero-order chi connectivity index (χ0) is 9.68. The number of rotatable bonds is 4. The van der Waals surface area contributed by atoms with Crippen molar-refractivity contribution in [2.75, 3.05) is 5.75 Å². The third kappa shape index (κ3) is 4.01. The molecule has 0 fully saturated rings. The van der Waals surface area contributed by atoms with Crippen molar-refractivity contribution >= 4 is 23.4 Å². The van der Waals surface area contributed by atoms with Crippen LogP contribution in [0.25, 0.3) is 0 Å². The predicted octanol–water partition coefficient (Wildman–Crippen LogP) is 3.87. The highest BCUT2D eigenvalue weighted by Gasteiger charge is 2.01. The number of aromatic nitrogens is 1. The van der Waals surface area contributed by atoms with Gasteiger partial charge in [-0.1, -0.05) is 37.9 Å². The number of nitrogens with zero attached hydrogens (tertiary/aromatic N) is 1. The van der Waals surface area contributed by atoms with Gasteiger partial charge in [0.1, 0.15) is 5.15 Å². The molecule has 0 aliphatic heterocycles. The summed E-state index contributed by atoms with van der Waals surface area (Å²) in [5.74, 6) is 1.86. The van der Waals surface area contributed by atoms with Crippen LogP contribution in [-0.4, -0.2) is 10.7 Å². The fourth-order valence-corrected chi connectivity index (χ4v) is 2.06. The van der Waals surface area contributed by atoms with Gasteiger partial charge in [0.25, 0.3) is 0 Å². The van der Waals surface area contributed by atoms with E-state index in [1.807, 2.05) is 12.1 Å². The molecule has 0 amide bonds. The molecule has 0 spiro atoms. The first-order valence-electron chi connectivity index (χ1n) is 4.47. The molecule has 1 nitrogen and oxygen atoms in total. The fraction of sp³-hybridized carbons (Fsp3) is 0.500. The fourth-order valence-electron chi connectivity index (χ4n) is 0.816. The van der Waals surface area contributed by atoms with Gasteiger partial charge in [-0.2, -0.15) is 0 Å². The van der Waals surface area contributed by atoms with Crippen LogP contribution in [0.3, 0.4) is 0 Å². The Morgan fingerprint density at radius 2 is 2.31 bits per heavy atom. The Morgan fingerprint density at radius 3 is 2.92 bits per heavy atom. The summed E-state index contributed by atoms with van der Waals surface area (Å²) < 4.78 is 0. The minimum atomic E-state index is 0.578. The Morgan fingerprint density at radius 1 is 1.54 bits per heavy atom. The first kappa shape index (κ1) is 10.9. The monoisotopic (exact) mass is 215 g/mol. The second-order valence-corrected chi connectivity index (χ2v) is 4.55. The molecule has 0 saturated carbocycles. The number of hydrogen-bond acceptors (Lipinski definition) is 2. The van der Waals surface area contributed by atoms with E-state index in [1.165, 1.54) is 6.42 Å². The summed E-state index contributed by atoms with van der Waals surface area (Å²) >= 11 is 7.54. The molecule has 72 valence electrons. The van der Waals surface area contributed by atoms with Gasteiger partial charge in [-0.05, 0) is 18.1 Å². The summed E-state index contributed by atoms with van der Waals surface area (Å²) in [6.45, 7) is 4.45. The molecule has 1 rings (SSSR count). The molecule has 3 heteroatoms. The van der Waals surface area contributed by atoms with Crippen LogP contribution in [0.5, 0.6) is 0 Å². The van der Waals surface area contributed by atoms with Gasteiger partial charge < -0.3 is 0 Å². The first-order valence-corrected chi connectivity index (χ1v) is 5.84. The lowest BCUT2D eigenvalue weighted by Crippen LogP contribution is -1.95. The van der Waals surface area contributed by atoms with Crippen molar-refractivity contribution in [3.63, 3.8) is 0 Å². The molecule has 1 aromatic rings. The Balaban J connectivity index is 2.45. The largest absolute Gasteiger partial charge is 0.230 e. The van der Waals surface area contributed by atoms with Crippen LogP contribution in [0.4, 0.5) is 0 Å². The summed E-state index contributed by atoms with van der Waals surface area (Å²) in [6.07, 6.45) is 1.22. The van der Waals surface area contributed by atoms with Crippen molar-refractivity contribution in [1.82, 2.24) is 4.98 Å². The van der Waals surface area contributed by atoms with Crippen LogP contribution < -0.4 is 0 Å².